The molecule has 1 heterocycles. The number of carbonyl (C=O) groups excluding carboxylic acids is 1. The van der Waals surface area contributed by atoms with Crippen molar-refractivity contribution in [3.8, 4) is 0 Å². The molecule has 0 aliphatic carbocycles. The lowest BCUT2D eigenvalue weighted by molar-refractivity contribution is -0.142. The van der Waals surface area contributed by atoms with Gasteiger partial charge in [0.25, 0.3) is 0 Å². The Labute approximate surface area is 125 Å². The Bertz CT molecular complexity index is 537. The quantitative estimate of drug-likeness (QED) is 0.889. The third-order valence-electron chi connectivity index (χ3n) is 4.17. The van der Waals surface area contributed by atoms with Crippen molar-refractivity contribution in [3.05, 3.63) is 29.8 Å². The topological polar surface area (TPSA) is 69.6 Å². The second-order valence-electron chi connectivity index (χ2n) is 6.24. The molecule has 5 heteroatoms. The van der Waals surface area contributed by atoms with E-state index in [2.05, 4.69) is 10.2 Å². The van der Waals surface area contributed by atoms with Gasteiger partial charge in [-0.3, -0.25) is 9.59 Å². The monoisotopic (exact) mass is 290 g/mol. The number of carboxylic acid groups (broad SMARTS) is 1. The standard InChI is InChI=1S/C16H22N2O3/c1-16(2,15(20)21)12-4-6-13(7-5-12)17-14(19)11-8-9-18(3)10-11/h4-7,11H,8-10H2,1-3H3,(H,17,19)(H,20,21). The molecule has 1 fully saturated rings. The maximum Gasteiger partial charge on any atom is 0.313 e. The number of aliphatic carboxylic acids is 1. The minimum atomic E-state index is -0.934. The smallest absolute Gasteiger partial charge is 0.313 e. The van der Waals surface area contributed by atoms with Crippen LogP contribution in [0, 0.1) is 5.92 Å². The first-order valence-electron chi connectivity index (χ1n) is 7.14. The molecule has 1 aromatic rings. The molecule has 1 atom stereocenters. The molecule has 1 amide bonds. The van der Waals surface area contributed by atoms with E-state index in [1.54, 1.807) is 38.1 Å². The third-order valence-corrected chi connectivity index (χ3v) is 4.17. The van der Waals surface area contributed by atoms with Crippen molar-refractivity contribution in [1.82, 2.24) is 4.90 Å². The molecule has 1 saturated heterocycles. The molecule has 0 aromatic heterocycles. The summed E-state index contributed by atoms with van der Waals surface area (Å²) in [5.41, 5.74) is 0.490. The molecular weight excluding hydrogens is 268 g/mol. The number of nitrogens with zero attached hydrogens (tertiary/aromatic N) is 1. The predicted octanol–water partition coefficient (Wildman–Crippen LogP) is 1.94. The van der Waals surface area contributed by atoms with E-state index in [0.717, 1.165) is 19.5 Å². The molecule has 1 aromatic carbocycles. The van der Waals surface area contributed by atoms with Crippen LogP contribution in [-0.2, 0) is 15.0 Å². The van der Waals surface area contributed by atoms with Gasteiger partial charge in [0.15, 0.2) is 0 Å². The van der Waals surface area contributed by atoms with E-state index in [4.69, 9.17) is 0 Å². The molecule has 1 aliphatic rings. The molecule has 0 bridgehead atoms. The van der Waals surface area contributed by atoms with E-state index < -0.39 is 11.4 Å². The highest BCUT2D eigenvalue weighted by atomic mass is 16.4. The summed E-state index contributed by atoms with van der Waals surface area (Å²) in [5, 5.41) is 12.1. The van der Waals surface area contributed by atoms with Crippen LogP contribution in [0.15, 0.2) is 24.3 Å². The first-order valence-corrected chi connectivity index (χ1v) is 7.14. The Kier molecular flexibility index (Phi) is 4.32. The Balaban J connectivity index is 2.03. The molecule has 0 saturated carbocycles. The van der Waals surface area contributed by atoms with Gasteiger partial charge in [0.2, 0.25) is 5.91 Å². The van der Waals surface area contributed by atoms with Crippen LogP contribution in [0.5, 0.6) is 0 Å². The van der Waals surface area contributed by atoms with E-state index in [0.29, 0.717) is 11.3 Å². The molecule has 5 nitrogen and oxygen atoms in total. The van der Waals surface area contributed by atoms with Crippen molar-refractivity contribution in [3.63, 3.8) is 0 Å². The summed E-state index contributed by atoms with van der Waals surface area (Å²) in [6.45, 7) is 5.06. The van der Waals surface area contributed by atoms with Gasteiger partial charge >= 0.3 is 5.97 Å². The third kappa shape index (κ3) is 3.42. The van der Waals surface area contributed by atoms with Crippen molar-refractivity contribution in [2.24, 2.45) is 5.92 Å². The minimum absolute atomic E-state index is 0.0320. The van der Waals surface area contributed by atoms with Crippen molar-refractivity contribution in [2.75, 3.05) is 25.5 Å². The first kappa shape index (κ1) is 15.5. The number of likely N-dealkylation sites (tertiary alicyclic amines) is 1. The first-order chi connectivity index (χ1) is 9.80. The summed E-state index contributed by atoms with van der Waals surface area (Å²) in [5.74, 6) is -0.803. The predicted molar refractivity (Wildman–Crippen MR) is 81.3 cm³/mol. The summed E-state index contributed by atoms with van der Waals surface area (Å²) < 4.78 is 0. The maximum absolute atomic E-state index is 12.1. The second-order valence-corrected chi connectivity index (χ2v) is 6.24. The van der Waals surface area contributed by atoms with Crippen molar-refractivity contribution in [2.45, 2.75) is 25.7 Å². The van der Waals surface area contributed by atoms with Crippen LogP contribution >= 0.6 is 0 Å². The summed E-state index contributed by atoms with van der Waals surface area (Å²) in [6.07, 6.45) is 0.881. The van der Waals surface area contributed by atoms with Gasteiger partial charge in [-0.15, -0.1) is 0 Å². The zero-order chi connectivity index (χ0) is 15.6. The van der Waals surface area contributed by atoms with Gasteiger partial charge in [0.05, 0.1) is 11.3 Å². The summed E-state index contributed by atoms with van der Waals surface area (Å²) in [6, 6.07) is 7.03. The number of carboxylic acids is 1. The summed E-state index contributed by atoms with van der Waals surface area (Å²) in [7, 11) is 2.01. The number of nitrogens with one attached hydrogen (secondary N) is 1. The lowest BCUT2D eigenvalue weighted by Crippen LogP contribution is -2.28. The number of amides is 1. The fraction of sp³-hybridized carbons (Fsp3) is 0.500. The zero-order valence-electron chi connectivity index (χ0n) is 12.7. The average molecular weight is 290 g/mol. The normalized spacial score (nSPS) is 19.5. The Morgan fingerprint density at radius 2 is 1.90 bits per heavy atom. The van der Waals surface area contributed by atoms with Crippen LogP contribution in [0.1, 0.15) is 25.8 Å². The van der Waals surface area contributed by atoms with E-state index in [1.165, 1.54) is 0 Å². The Morgan fingerprint density at radius 3 is 2.38 bits per heavy atom. The molecular formula is C16H22N2O3. The summed E-state index contributed by atoms with van der Waals surface area (Å²) >= 11 is 0. The molecule has 2 rings (SSSR count). The molecule has 1 unspecified atom stereocenters. The zero-order valence-corrected chi connectivity index (χ0v) is 12.7. The largest absolute Gasteiger partial charge is 0.481 e. The van der Waals surface area contributed by atoms with E-state index in [9.17, 15) is 14.7 Å². The lowest BCUT2D eigenvalue weighted by Gasteiger charge is -2.20. The van der Waals surface area contributed by atoms with Crippen LogP contribution in [0.25, 0.3) is 0 Å². The number of anilines is 1. The van der Waals surface area contributed by atoms with Crippen molar-refractivity contribution < 1.29 is 14.7 Å². The highest BCUT2D eigenvalue weighted by molar-refractivity contribution is 5.93. The molecule has 21 heavy (non-hydrogen) atoms. The van der Waals surface area contributed by atoms with E-state index in [-0.39, 0.29) is 11.8 Å². The number of hydrogen-bond donors (Lipinski definition) is 2. The van der Waals surface area contributed by atoms with Crippen molar-refractivity contribution in [1.29, 1.82) is 0 Å². The molecule has 0 radical (unpaired) electrons. The second kappa shape index (κ2) is 5.85. The SMILES string of the molecule is CN1CCC(C(=O)Nc2ccc(C(C)(C)C(=O)O)cc2)C1. The average Bonchev–Trinajstić information content (AvgIpc) is 2.86. The minimum Gasteiger partial charge on any atom is -0.481 e. The van der Waals surface area contributed by atoms with Gasteiger partial charge in [0, 0.05) is 12.2 Å². The van der Waals surface area contributed by atoms with Crippen LogP contribution in [-0.4, -0.2) is 42.0 Å². The number of hydrogen-bond acceptors (Lipinski definition) is 3. The highest BCUT2D eigenvalue weighted by Gasteiger charge is 2.29. The van der Waals surface area contributed by atoms with Crippen molar-refractivity contribution >= 4 is 17.6 Å². The van der Waals surface area contributed by atoms with E-state index in [1.807, 2.05) is 7.05 Å². The molecule has 0 spiro atoms. The molecule has 2 N–H and O–H groups in total. The fourth-order valence-electron chi connectivity index (χ4n) is 2.49. The number of rotatable bonds is 4. The maximum atomic E-state index is 12.1. The van der Waals surface area contributed by atoms with Crippen LogP contribution in [0.3, 0.4) is 0 Å². The van der Waals surface area contributed by atoms with Crippen LogP contribution in [0.2, 0.25) is 0 Å². The van der Waals surface area contributed by atoms with Gasteiger partial charge in [-0.2, -0.15) is 0 Å². The number of carbonyl (C=O) groups is 2. The summed E-state index contributed by atoms with van der Waals surface area (Å²) in [4.78, 5) is 25.5. The van der Waals surface area contributed by atoms with Gasteiger partial charge in [0.1, 0.15) is 0 Å². The Morgan fingerprint density at radius 1 is 1.29 bits per heavy atom. The van der Waals surface area contributed by atoms with E-state index >= 15 is 0 Å². The molecule has 1 aliphatic heterocycles. The van der Waals surface area contributed by atoms with Gasteiger partial charge in [-0.1, -0.05) is 12.1 Å². The number of benzene rings is 1. The lowest BCUT2D eigenvalue weighted by atomic mass is 9.85. The van der Waals surface area contributed by atoms with Crippen LogP contribution < -0.4 is 5.32 Å². The van der Waals surface area contributed by atoms with Crippen LogP contribution in [0.4, 0.5) is 5.69 Å². The molecule has 114 valence electrons. The highest BCUT2D eigenvalue weighted by Crippen LogP contribution is 2.25. The van der Waals surface area contributed by atoms with Gasteiger partial charge in [-0.05, 0) is 51.6 Å². The fourth-order valence-corrected chi connectivity index (χ4v) is 2.49. The van der Waals surface area contributed by atoms with Gasteiger partial charge in [-0.25, -0.2) is 0 Å². The Hall–Kier alpha value is -1.88. The van der Waals surface area contributed by atoms with Gasteiger partial charge < -0.3 is 15.3 Å².